The van der Waals surface area contributed by atoms with Crippen LogP contribution in [0.4, 0.5) is 0 Å². The molecule has 38 heavy (non-hydrogen) atoms. The number of ketones is 4. The molecule has 4 unspecified atom stereocenters. The van der Waals surface area contributed by atoms with Crippen molar-refractivity contribution in [2.45, 2.75) is 80.7 Å². The van der Waals surface area contributed by atoms with Crippen LogP contribution >= 0.6 is 0 Å². The first-order chi connectivity index (χ1) is 16.8. The van der Waals surface area contributed by atoms with Gasteiger partial charge in [-0.3, -0.25) is 32.3 Å². The molecule has 0 aromatic carbocycles. The van der Waals surface area contributed by atoms with E-state index in [0.29, 0.717) is 12.8 Å². The zero-order valence-electron chi connectivity index (χ0n) is 24.3. The molecule has 2 amide bonds. The Kier molecular flexibility index (Phi) is 31.3. The van der Waals surface area contributed by atoms with Gasteiger partial charge in [0.15, 0.2) is 5.78 Å². The first-order valence-electron chi connectivity index (χ1n) is 12.6. The fourth-order valence-corrected chi connectivity index (χ4v) is 2.42. The van der Waals surface area contributed by atoms with Crippen molar-refractivity contribution in [3.05, 3.63) is 13.1 Å². The molecular weight excluding hydrogens is 642 g/mol. The minimum absolute atomic E-state index is 0. The summed E-state index contributed by atoms with van der Waals surface area (Å²) in [5.74, 6) is -1.10. The molecule has 0 saturated carbocycles. The summed E-state index contributed by atoms with van der Waals surface area (Å²) in [7, 11) is 0. The van der Waals surface area contributed by atoms with E-state index in [-0.39, 0.29) is 138 Å². The second-order valence-electron chi connectivity index (χ2n) is 8.94. The summed E-state index contributed by atoms with van der Waals surface area (Å²) in [5, 5.41) is 10.7. The third-order valence-electron chi connectivity index (χ3n) is 5.63. The summed E-state index contributed by atoms with van der Waals surface area (Å²) in [6.45, 7) is 16.7. The second-order valence-corrected chi connectivity index (χ2v) is 8.94. The molecule has 0 saturated heterocycles. The Bertz CT molecular complexity index is 737. The van der Waals surface area contributed by atoms with E-state index in [0.717, 1.165) is 6.42 Å². The quantitative estimate of drug-likeness (QED) is 0.159. The molecule has 0 aliphatic carbocycles. The average molecular weight is 688 g/mol. The maximum Gasteiger partial charge on any atom is 0.223 e. The Morgan fingerprint density at radius 3 is 1.42 bits per heavy atom. The SMILES string of the molecule is CCC(C)C(=O)CN[CH-]C(C)=O.CCC(C)C(=O)NCC(NC(=O)C(C)CC)C(=O)CN[CH-]C(C)=O.[Y].[Y]. The summed E-state index contributed by atoms with van der Waals surface area (Å²) in [6.07, 6.45) is 2.20. The van der Waals surface area contributed by atoms with Crippen LogP contribution in [0.5, 0.6) is 0 Å². The van der Waals surface area contributed by atoms with E-state index < -0.39 is 6.04 Å². The van der Waals surface area contributed by atoms with Crippen molar-refractivity contribution in [2.75, 3.05) is 19.6 Å². The van der Waals surface area contributed by atoms with Crippen LogP contribution in [-0.4, -0.2) is 60.6 Å². The minimum Gasteiger partial charge on any atom is -0.442 e. The average Bonchev–Trinajstić information content (AvgIpc) is 2.84. The molecule has 4 atom stereocenters. The molecule has 0 spiro atoms. The summed E-state index contributed by atoms with van der Waals surface area (Å²) in [5.41, 5.74) is 0. The van der Waals surface area contributed by atoms with E-state index in [2.05, 4.69) is 21.3 Å². The van der Waals surface area contributed by atoms with Crippen LogP contribution < -0.4 is 21.3 Å². The number of carbonyl (C=O) groups excluding carboxylic acids is 6. The Hall–Kier alpha value is -0.512. The van der Waals surface area contributed by atoms with Crippen molar-refractivity contribution in [3.63, 3.8) is 0 Å². The summed E-state index contributed by atoms with van der Waals surface area (Å²) < 4.78 is 0. The van der Waals surface area contributed by atoms with E-state index >= 15 is 0 Å². The fraction of sp³-hybridized carbons (Fsp3) is 0.692. The number of nitrogens with one attached hydrogen (secondary N) is 4. The summed E-state index contributed by atoms with van der Waals surface area (Å²) in [4.78, 5) is 68.7. The number of Topliss-reactive ketones (excluding diaryl/α,β-unsaturated/α-hetero) is 4. The first kappa shape index (κ1) is 44.5. The van der Waals surface area contributed by atoms with E-state index in [9.17, 15) is 28.8 Å². The van der Waals surface area contributed by atoms with E-state index in [1.807, 2.05) is 27.7 Å². The molecule has 0 rings (SSSR count). The van der Waals surface area contributed by atoms with Gasteiger partial charge in [-0.05, 0) is 33.1 Å². The predicted octanol–water partition coefficient (Wildman–Crippen LogP) is 1.53. The standard InChI is InChI=1S/C17H30N3O4.C9H16NO2.2Y/c1-6-11(3)16(23)19-9-14(20-17(24)12(4)7-2)15(22)10-18-8-13(5)21;1-4-7(2)9(12)6-10-5-8(3)11;;/h8,11-12,14,18H,6-7,9-10H2,1-5H3,(H,19,23)(H,20,24);5,7,10H,4,6H2,1-3H3;;/q2*-1;;. The third kappa shape index (κ3) is 23.4. The number of hydrogen-bond donors (Lipinski definition) is 4. The van der Waals surface area contributed by atoms with Gasteiger partial charge in [0.05, 0.1) is 0 Å². The number of carbonyl (C=O) groups is 6. The molecule has 0 aliphatic heterocycles. The summed E-state index contributed by atoms with van der Waals surface area (Å²) >= 11 is 0. The molecule has 0 aromatic rings. The van der Waals surface area contributed by atoms with Gasteiger partial charge in [0.2, 0.25) is 11.8 Å². The van der Waals surface area contributed by atoms with Gasteiger partial charge in [-0.25, -0.2) is 0 Å². The molecule has 214 valence electrons. The van der Waals surface area contributed by atoms with Crippen molar-refractivity contribution >= 4 is 34.9 Å². The first-order valence-corrected chi connectivity index (χ1v) is 12.6. The van der Waals surface area contributed by atoms with Crippen molar-refractivity contribution in [2.24, 2.45) is 17.8 Å². The van der Waals surface area contributed by atoms with Crippen LogP contribution in [0.25, 0.3) is 0 Å². The van der Waals surface area contributed by atoms with Gasteiger partial charge >= 0.3 is 0 Å². The van der Waals surface area contributed by atoms with Crippen molar-refractivity contribution in [3.8, 4) is 0 Å². The molecule has 10 nitrogen and oxygen atoms in total. The van der Waals surface area contributed by atoms with Crippen LogP contribution in [0.3, 0.4) is 0 Å². The van der Waals surface area contributed by atoms with Gasteiger partial charge in [0.25, 0.3) is 0 Å². The molecule has 0 aromatic heterocycles. The molecule has 0 aliphatic rings. The Morgan fingerprint density at radius 1 is 0.632 bits per heavy atom. The molecule has 12 heteroatoms. The fourth-order valence-electron chi connectivity index (χ4n) is 2.42. The maximum atomic E-state index is 12.3. The van der Waals surface area contributed by atoms with Crippen molar-refractivity contribution in [1.29, 1.82) is 0 Å². The van der Waals surface area contributed by atoms with Gasteiger partial charge in [0.1, 0.15) is 11.8 Å². The van der Waals surface area contributed by atoms with Gasteiger partial charge in [-0.2, -0.15) is 0 Å². The van der Waals surface area contributed by atoms with Gasteiger partial charge < -0.3 is 30.9 Å². The van der Waals surface area contributed by atoms with Gasteiger partial charge in [0, 0.05) is 114 Å². The Morgan fingerprint density at radius 2 is 1.03 bits per heavy atom. The Balaban J connectivity index is -0.000000351. The monoisotopic (exact) mass is 688 g/mol. The molecule has 0 fully saturated rings. The minimum atomic E-state index is -0.827. The van der Waals surface area contributed by atoms with Crippen LogP contribution in [0.15, 0.2) is 0 Å². The maximum absolute atomic E-state index is 12.3. The topological polar surface area (TPSA) is 151 Å². The molecule has 4 N–H and O–H groups in total. The largest absolute Gasteiger partial charge is 0.442 e. The van der Waals surface area contributed by atoms with E-state index in [1.54, 1.807) is 13.8 Å². The molecule has 2 radical (unpaired) electrons. The van der Waals surface area contributed by atoms with Crippen molar-refractivity contribution < 1.29 is 94.2 Å². The van der Waals surface area contributed by atoms with E-state index in [4.69, 9.17) is 0 Å². The zero-order chi connectivity index (χ0) is 28.3. The predicted molar refractivity (Wildman–Crippen MR) is 139 cm³/mol. The molecular formula is C26H46N4O6Y2-2. The third-order valence-corrected chi connectivity index (χ3v) is 5.63. The van der Waals surface area contributed by atoms with Crippen LogP contribution in [-0.2, 0) is 94.2 Å². The molecule has 0 heterocycles. The zero-order valence-corrected chi connectivity index (χ0v) is 30.0. The summed E-state index contributed by atoms with van der Waals surface area (Å²) in [6, 6.07) is -0.827. The Labute approximate surface area is 279 Å². The van der Waals surface area contributed by atoms with Gasteiger partial charge in [-0.15, -0.1) is 0 Å². The van der Waals surface area contributed by atoms with Gasteiger partial charge in [-0.1, -0.05) is 41.5 Å². The molecule has 0 bridgehead atoms. The van der Waals surface area contributed by atoms with E-state index in [1.165, 1.54) is 26.9 Å². The van der Waals surface area contributed by atoms with Crippen LogP contribution in [0, 0.1) is 30.8 Å². The second kappa shape index (κ2) is 26.7. The number of rotatable bonds is 18. The number of hydrogen-bond acceptors (Lipinski definition) is 8. The van der Waals surface area contributed by atoms with Crippen molar-refractivity contribution in [1.82, 2.24) is 21.3 Å². The smallest absolute Gasteiger partial charge is 0.223 e. The van der Waals surface area contributed by atoms with Crippen LogP contribution in [0.1, 0.15) is 74.7 Å². The van der Waals surface area contributed by atoms with Crippen LogP contribution in [0.2, 0.25) is 0 Å². The normalized spacial score (nSPS) is 12.8. The number of amides is 2.